The maximum atomic E-state index is 13.3. The Bertz CT molecular complexity index is 1350. The Balaban J connectivity index is 2.04. The lowest BCUT2D eigenvalue weighted by molar-refractivity contribution is -0.124. The van der Waals surface area contributed by atoms with Crippen molar-refractivity contribution >= 4 is 39.0 Å². The van der Waals surface area contributed by atoms with Crippen molar-refractivity contribution in [3.63, 3.8) is 0 Å². The fraction of sp³-hybridized carbons (Fsp3) is 0.0833. The minimum atomic E-state index is -0.436. The molecule has 4 rings (SSSR count). The summed E-state index contributed by atoms with van der Waals surface area (Å²) in [6.45, 7) is 2.59. The number of fused-ring (bicyclic) bond motifs is 3. The molecule has 4 aromatic rings. The maximum Gasteiger partial charge on any atom is 0.265 e. The molecular weight excluding hydrogens is 380 g/mol. The van der Waals surface area contributed by atoms with Gasteiger partial charge in [-0.05, 0) is 47.2 Å². The summed E-state index contributed by atoms with van der Waals surface area (Å²) < 4.78 is 1.13. The quantitative estimate of drug-likeness (QED) is 0.519. The average molecular weight is 398 g/mol. The van der Waals surface area contributed by atoms with Crippen molar-refractivity contribution in [2.45, 2.75) is 13.8 Å². The van der Waals surface area contributed by atoms with Crippen molar-refractivity contribution in [1.82, 2.24) is 4.57 Å². The van der Waals surface area contributed by atoms with Gasteiger partial charge in [-0.2, -0.15) is 0 Å². The standard InChI is InChI=1S/C24H18N2O4/c1-15(27)25(16(2)28)17-11-13-18(14-12-17)26-23(29)21-9-5-3-7-19(21)20-8-4-6-10-22(20)24(26)30/h3-14H,1-2H3. The smallest absolute Gasteiger partial charge is 0.265 e. The van der Waals surface area contributed by atoms with E-state index in [0.29, 0.717) is 32.9 Å². The molecule has 0 unspecified atom stereocenters. The van der Waals surface area contributed by atoms with Gasteiger partial charge in [-0.3, -0.25) is 24.1 Å². The van der Waals surface area contributed by atoms with Crippen LogP contribution >= 0.6 is 0 Å². The molecule has 0 saturated carbocycles. The molecule has 6 nitrogen and oxygen atoms in total. The third-order valence-electron chi connectivity index (χ3n) is 5.01. The largest absolute Gasteiger partial charge is 0.274 e. The van der Waals surface area contributed by atoms with Gasteiger partial charge in [0.05, 0.1) is 11.4 Å². The molecule has 148 valence electrons. The van der Waals surface area contributed by atoms with Crippen molar-refractivity contribution < 1.29 is 9.59 Å². The van der Waals surface area contributed by atoms with E-state index in [-0.39, 0.29) is 0 Å². The molecule has 0 radical (unpaired) electrons. The van der Waals surface area contributed by atoms with Gasteiger partial charge in [0.2, 0.25) is 11.8 Å². The third kappa shape index (κ3) is 3.08. The molecule has 6 heteroatoms. The first-order valence-electron chi connectivity index (χ1n) is 9.38. The topological polar surface area (TPSA) is 76.5 Å². The Morgan fingerprint density at radius 3 is 1.43 bits per heavy atom. The normalized spacial score (nSPS) is 10.9. The Morgan fingerprint density at radius 2 is 1.03 bits per heavy atom. The average Bonchev–Trinajstić information content (AvgIpc) is 2.82. The van der Waals surface area contributed by atoms with Gasteiger partial charge in [-0.15, -0.1) is 0 Å². The van der Waals surface area contributed by atoms with E-state index in [2.05, 4.69) is 0 Å². The second-order valence-corrected chi connectivity index (χ2v) is 6.93. The fourth-order valence-corrected chi connectivity index (χ4v) is 3.71. The number of imide groups is 1. The molecule has 0 bridgehead atoms. The lowest BCUT2D eigenvalue weighted by Gasteiger charge is -2.17. The summed E-state index contributed by atoms with van der Waals surface area (Å²) in [5.41, 5.74) is -0.148. The maximum absolute atomic E-state index is 13.3. The summed E-state index contributed by atoms with van der Waals surface area (Å²) in [5, 5.41) is 2.25. The number of rotatable bonds is 2. The second-order valence-electron chi connectivity index (χ2n) is 6.93. The molecule has 0 atom stereocenters. The van der Waals surface area contributed by atoms with Crippen LogP contribution in [0.25, 0.3) is 27.2 Å². The molecule has 0 spiro atoms. The minimum absolute atomic E-state index is 0.354. The Morgan fingerprint density at radius 1 is 0.633 bits per heavy atom. The lowest BCUT2D eigenvalue weighted by Crippen LogP contribution is -2.33. The molecule has 30 heavy (non-hydrogen) atoms. The highest BCUT2D eigenvalue weighted by Crippen LogP contribution is 2.21. The first kappa shape index (κ1) is 19.3. The van der Waals surface area contributed by atoms with Crippen molar-refractivity contribution in [1.29, 1.82) is 0 Å². The number of aromatic nitrogens is 1. The number of anilines is 1. The van der Waals surface area contributed by atoms with Crippen LogP contribution in [0.3, 0.4) is 0 Å². The zero-order chi connectivity index (χ0) is 21.4. The lowest BCUT2D eigenvalue weighted by atomic mass is 10.1. The van der Waals surface area contributed by atoms with Gasteiger partial charge < -0.3 is 0 Å². The van der Waals surface area contributed by atoms with E-state index in [9.17, 15) is 19.2 Å². The highest BCUT2D eigenvalue weighted by molar-refractivity contribution is 6.13. The number of amides is 2. The van der Waals surface area contributed by atoms with Crippen LogP contribution in [-0.2, 0) is 9.59 Å². The first-order valence-corrected chi connectivity index (χ1v) is 9.38. The van der Waals surface area contributed by atoms with Crippen LogP contribution in [0.5, 0.6) is 0 Å². The Hall–Kier alpha value is -4.06. The summed E-state index contributed by atoms with van der Waals surface area (Å²) in [6.07, 6.45) is 0. The molecule has 0 aliphatic heterocycles. The summed E-state index contributed by atoms with van der Waals surface area (Å²) >= 11 is 0. The van der Waals surface area contributed by atoms with E-state index in [4.69, 9.17) is 0 Å². The molecule has 3 aromatic carbocycles. The van der Waals surface area contributed by atoms with Crippen LogP contribution in [-0.4, -0.2) is 16.4 Å². The predicted octanol–water partition coefficient (Wildman–Crippen LogP) is 3.40. The van der Waals surface area contributed by atoms with Crippen molar-refractivity contribution in [2.75, 3.05) is 4.90 Å². The summed E-state index contributed by atoms with van der Waals surface area (Å²) in [6, 6.07) is 20.4. The number of hydrogen-bond acceptors (Lipinski definition) is 4. The number of carbonyl (C=O) groups is 2. The number of hydrogen-bond donors (Lipinski definition) is 0. The van der Waals surface area contributed by atoms with E-state index in [1.165, 1.54) is 13.8 Å². The van der Waals surface area contributed by atoms with Crippen molar-refractivity contribution in [2.24, 2.45) is 0 Å². The summed E-state index contributed by atoms with van der Waals surface area (Å²) in [4.78, 5) is 51.3. The molecule has 0 N–H and O–H groups in total. The van der Waals surface area contributed by atoms with Crippen LogP contribution in [0.15, 0.2) is 82.4 Å². The second kappa shape index (κ2) is 7.40. The van der Waals surface area contributed by atoms with Gasteiger partial charge in [0, 0.05) is 24.6 Å². The zero-order valence-electron chi connectivity index (χ0n) is 16.5. The van der Waals surface area contributed by atoms with Crippen LogP contribution in [0.1, 0.15) is 13.8 Å². The highest BCUT2D eigenvalue weighted by Gasteiger charge is 2.17. The van der Waals surface area contributed by atoms with E-state index >= 15 is 0 Å². The van der Waals surface area contributed by atoms with Gasteiger partial charge in [0.15, 0.2) is 0 Å². The molecular formula is C24H18N2O4. The molecule has 0 aliphatic rings. The van der Waals surface area contributed by atoms with Gasteiger partial charge >= 0.3 is 0 Å². The molecule has 1 aromatic heterocycles. The van der Waals surface area contributed by atoms with Crippen LogP contribution in [0.4, 0.5) is 5.69 Å². The van der Waals surface area contributed by atoms with E-state index in [1.54, 1.807) is 48.5 Å². The van der Waals surface area contributed by atoms with Crippen LogP contribution < -0.4 is 16.0 Å². The molecule has 2 amide bonds. The third-order valence-corrected chi connectivity index (χ3v) is 5.01. The van der Waals surface area contributed by atoms with Gasteiger partial charge in [-0.1, -0.05) is 36.4 Å². The number of carbonyl (C=O) groups excluding carboxylic acids is 2. The van der Waals surface area contributed by atoms with Crippen molar-refractivity contribution in [3.8, 4) is 5.69 Å². The summed E-state index contributed by atoms with van der Waals surface area (Å²) in [7, 11) is 0. The zero-order valence-corrected chi connectivity index (χ0v) is 16.5. The summed E-state index contributed by atoms with van der Waals surface area (Å²) in [5.74, 6) is -0.833. The van der Waals surface area contributed by atoms with Crippen molar-refractivity contribution in [3.05, 3.63) is 93.5 Å². The SMILES string of the molecule is CC(=O)N(C(C)=O)c1ccc(-n2c(=O)c3ccccc3c3ccccc3c2=O)cc1. The van der Waals surface area contributed by atoms with E-state index in [0.717, 1.165) is 9.47 Å². The first-order chi connectivity index (χ1) is 14.4. The molecule has 1 heterocycles. The Kier molecular flexibility index (Phi) is 4.75. The molecule has 0 saturated heterocycles. The monoisotopic (exact) mass is 398 g/mol. The molecule has 0 fully saturated rings. The Labute approximate surface area is 171 Å². The molecule has 0 aliphatic carbocycles. The number of benzene rings is 3. The van der Waals surface area contributed by atoms with Gasteiger partial charge in [0.25, 0.3) is 11.1 Å². The van der Waals surface area contributed by atoms with Crippen LogP contribution in [0.2, 0.25) is 0 Å². The van der Waals surface area contributed by atoms with E-state index in [1.807, 2.05) is 24.3 Å². The number of nitrogens with zero attached hydrogens (tertiary/aromatic N) is 2. The van der Waals surface area contributed by atoms with E-state index < -0.39 is 22.9 Å². The van der Waals surface area contributed by atoms with Gasteiger partial charge in [-0.25, -0.2) is 4.57 Å². The minimum Gasteiger partial charge on any atom is -0.274 e. The van der Waals surface area contributed by atoms with Gasteiger partial charge in [0.1, 0.15) is 0 Å². The predicted molar refractivity (Wildman–Crippen MR) is 117 cm³/mol. The van der Waals surface area contributed by atoms with Crippen LogP contribution in [0, 0.1) is 0 Å². The fourth-order valence-electron chi connectivity index (χ4n) is 3.71. The highest BCUT2D eigenvalue weighted by atomic mass is 16.2.